The third-order valence-corrected chi connectivity index (χ3v) is 4.07. The molecule has 5 nitrogen and oxygen atoms in total. The Kier molecular flexibility index (Phi) is 6.10. The van der Waals surface area contributed by atoms with Gasteiger partial charge in [0.15, 0.2) is 6.10 Å². The van der Waals surface area contributed by atoms with Crippen LogP contribution in [0.1, 0.15) is 17.3 Å². The zero-order valence-corrected chi connectivity index (χ0v) is 15.4. The number of esters is 1. The van der Waals surface area contributed by atoms with E-state index in [1.165, 1.54) is 31.2 Å². The van der Waals surface area contributed by atoms with Crippen molar-refractivity contribution in [3.05, 3.63) is 56.5 Å². The van der Waals surface area contributed by atoms with Crippen LogP contribution in [-0.4, -0.2) is 23.1 Å². The van der Waals surface area contributed by atoms with E-state index in [1.807, 2.05) is 0 Å². The van der Waals surface area contributed by atoms with Crippen molar-refractivity contribution in [3.63, 3.8) is 0 Å². The minimum absolute atomic E-state index is 0.0684. The van der Waals surface area contributed by atoms with Gasteiger partial charge in [-0.2, -0.15) is 0 Å². The highest BCUT2D eigenvalue weighted by molar-refractivity contribution is 9.10. The van der Waals surface area contributed by atoms with Crippen LogP contribution < -0.4 is 9.47 Å². The van der Waals surface area contributed by atoms with E-state index in [4.69, 9.17) is 37.8 Å². The molecule has 1 atom stereocenters. The predicted octanol–water partition coefficient (Wildman–Crippen LogP) is 4.83. The highest BCUT2D eigenvalue weighted by Gasteiger charge is 2.20. The lowest BCUT2D eigenvalue weighted by atomic mass is 10.2. The SMILES string of the molecule is CC(Oc1ccc(Cl)cc1Cl)C(=O)Oc1ccc(C(=O)O)cc1Br. The number of rotatable bonds is 5. The van der Waals surface area contributed by atoms with Crippen molar-refractivity contribution in [2.24, 2.45) is 0 Å². The molecule has 0 amide bonds. The minimum Gasteiger partial charge on any atom is -0.478 e. The van der Waals surface area contributed by atoms with E-state index in [2.05, 4.69) is 15.9 Å². The molecule has 126 valence electrons. The van der Waals surface area contributed by atoms with Crippen molar-refractivity contribution in [1.29, 1.82) is 0 Å². The summed E-state index contributed by atoms with van der Waals surface area (Å²) in [5.41, 5.74) is 0.0684. The molecule has 2 rings (SSSR count). The number of hydrogen-bond acceptors (Lipinski definition) is 4. The molecular weight excluding hydrogens is 423 g/mol. The molecule has 0 bridgehead atoms. The molecule has 2 aromatic rings. The molecule has 0 aliphatic carbocycles. The van der Waals surface area contributed by atoms with Crippen LogP contribution in [0.2, 0.25) is 10.0 Å². The van der Waals surface area contributed by atoms with Crippen molar-refractivity contribution in [2.45, 2.75) is 13.0 Å². The highest BCUT2D eigenvalue weighted by atomic mass is 79.9. The Hall–Kier alpha value is -1.76. The van der Waals surface area contributed by atoms with Gasteiger partial charge in [0.25, 0.3) is 0 Å². The fraction of sp³-hybridized carbons (Fsp3) is 0.125. The van der Waals surface area contributed by atoms with Gasteiger partial charge in [-0.05, 0) is 59.3 Å². The summed E-state index contributed by atoms with van der Waals surface area (Å²) < 4.78 is 11.0. The average Bonchev–Trinajstić information content (AvgIpc) is 2.51. The maximum absolute atomic E-state index is 12.1. The first-order valence-electron chi connectivity index (χ1n) is 6.64. The standard InChI is InChI=1S/C16H11BrCl2O5/c1-8(23-14-5-3-10(18)7-12(14)19)16(22)24-13-4-2-9(15(20)21)6-11(13)17/h2-8H,1H3,(H,20,21). The number of carboxylic acid groups (broad SMARTS) is 1. The van der Waals surface area contributed by atoms with Crippen LogP contribution in [0.3, 0.4) is 0 Å². The van der Waals surface area contributed by atoms with Crippen LogP contribution in [0.4, 0.5) is 0 Å². The lowest BCUT2D eigenvalue weighted by molar-refractivity contribution is -0.141. The average molecular weight is 434 g/mol. The third-order valence-electron chi connectivity index (χ3n) is 2.92. The Bertz CT molecular complexity index is 794. The van der Waals surface area contributed by atoms with E-state index < -0.39 is 18.0 Å². The number of carboxylic acids is 1. The van der Waals surface area contributed by atoms with Crippen molar-refractivity contribution < 1.29 is 24.2 Å². The molecule has 0 radical (unpaired) electrons. The van der Waals surface area contributed by atoms with Crippen LogP contribution in [0.15, 0.2) is 40.9 Å². The van der Waals surface area contributed by atoms with Gasteiger partial charge in [0.05, 0.1) is 15.1 Å². The normalized spacial score (nSPS) is 11.7. The number of halogens is 3. The van der Waals surface area contributed by atoms with E-state index in [-0.39, 0.29) is 16.3 Å². The Morgan fingerprint density at radius 2 is 1.79 bits per heavy atom. The molecule has 0 fully saturated rings. The first-order valence-corrected chi connectivity index (χ1v) is 8.19. The van der Waals surface area contributed by atoms with E-state index in [9.17, 15) is 9.59 Å². The zero-order valence-electron chi connectivity index (χ0n) is 12.3. The van der Waals surface area contributed by atoms with Crippen molar-refractivity contribution in [1.82, 2.24) is 0 Å². The third kappa shape index (κ3) is 4.63. The summed E-state index contributed by atoms with van der Waals surface area (Å²) in [5, 5.41) is 9.63. The molecular formula is C16H11BrCl2O5. The second-order valence-corrected chi connectivity index (χ2v) is 6.40. The van der Waals surface area contributed by atoms with E-state index in [0.717, 1.165) is 0 Å². The first kappa shape index (κ1) is 18.6. The van der Waals surface area contributed by atoms with E-state index >= 15 is 0 Å². The van der Waals surface area contributed by atoms with Gasteiger partial charge < -0.3 is 14.6 Å². The number of carbonyl (C=O) groups excluding carboxylic acids is 1. The molecule has 1 unspecified atom stereocenters. The van der Waals surface area contributed by atoms with Gasteiger partial charge in [-0.3, -0.25) is 0 Å². The van der Waals surface area contributed by atoms with E-state index in [0.29, 0.717) is 15.2 Å². The second kappa shape index (κ2) is 7.88. The molecule has 0 aromatic heterocycles. The fourth-order valence-corrected chi connectivity index (χ4v) is 2.63. The Morgan fingerprint density at radius 3 is 2.38 bits per heavy atom. The molecule has 2 aromatic carbocycles. The number of carbonyl (C=O) groups is 2. The Morgan fingerprint density at radius 1 is 1.12 bits per heavy atom. The van der Waals surface area contributed by atoms with Gasteiger partial charge in [0.1, 0.15) is 11.5 Å². The summed E-state index contributed by atoms with van der Waals surface area (Å²) in [6, 6.07) is 8.68. The fourth-order valence-electron chi connectivity index (χ4n) is 1.72. The quantitative estimate of drug-likeness (QED) is 0.540. The molecule has 0 spiro atoms. The van der Waals surface area contributed by atoms with Gasteiger partial charge in [-0.25, -0.2) is 9.59 Å². The predicted molar refractivity (Wildman–Crippen MR) is 93.3 cm³/mol. The second-order valence-electron chi connectivity index (χ2n) is 4.71. The summed E-state index contributed by atoms with van der Waals surface area (Å²) in [6.45, 7) is 1.51. The van der Waals surface area contributed by atoms with E-state index in [1.54, 1.807) is 12.1 Å². The molecule has 0 aliphatic heterocycles. The lowest BCUT2D eigenvalue weighted by Gasteiger charge is -2.15. The largest absolute Gasteiger partial charge is 0.478 e. The van der Waals surface area contributed by atoms with Gasteiger partial charge in [0, 0.05) is 5.02 Å². The molecule has 8 heteroatoms. The number of ether oxygens (including phenoxy) is 2. The smallest absolute Gasteiger partial charge is 0.352 e. The minimum atomic E-state index is -1.08. The maximum atomic E-state index is 12.1. The lowest BCUT2D eigenvalue weighted by Crippen LogP contribution is -2.28. The van der Waals surface area contributed by atoms with Crippen LogP contribution in [0, 0.1) is 0 Å². The van der Waals surface area contributed by atoms with Crippen molar-refractivity contribution in [3.8, 4) is 11.5 Å². The Labute approximate surface area is 156 Å². The summed E-state index contributed by atoms with van der Waals surface area (Å²) in [6.07, 6.45) is -0.935. The van der Waals surface area contributed by atoms with Gasteiger partial charge in [-0.15, -0.1) is 0 Å². The number of hydrogen-bond donors (Lipinski definition) is 1. The number of aromatic carboxylic acids is 1. The molecule has 0 heterocycles. The molecule has 24 heavy (non-hydrogen) atoms. The summed E-state index contributed by atoms with van der Waals surface area (Å²) >= 11 is 14.9. The van der Waals surface area contributed by atoms with Crippen molar-refractivity contribution in [2.75, 3.05) is 0 Å². The monoisotopic (exact) mass is 432 g/mol. The van der Waals surface area contributed by atoms with Crippen LogP contribution >= 0.6 is 39.1 Å². The molecule has 1 N–H and O–H groups in total. The molecule has 0 aliphatic rings. The van der Waals surface area contributed by atoms with Gasteiger partial charge >= 0.3 is 11.9 Å². The summed E-state index contributed by atoms with van der Waals surface area (Å²) in [7, 11) is 0. The Balaban J connectivity index is 2.07. The first-order chi connectivity index (χ1) is 11.3. The van der Waals surface area contributed by atoms with Crippen LogP contribution in [0.25, 0.3) is 0 Å². The maximum Gasteiger partial charge on any atom is 0.352 e. The highest BCUT2D eigenvalue weighted by Crippen LogP contribution is 2.29. The topological polar surface area (TPSA) is 72.8 Å². The zero-order chi connectivity index (χ0) is 17.9. The van der Waals surface area contributed by atoms with Crippen LogP contribution in [0.5, 0.6) is 11.5 Å². The summed E-state index contributed by atoms with van der Waals surface area (Å²) in [4.78, 5) is 23.0. The van der Waals surface area contributed by atoms with Gasteiger partial charge in [-0.1, -0.05) is 23.2 Å². The molecule has 0 saturated heterocycles. The molecule has 0 saturated carbocycles. The van der Waals surface area contributed by atoms with Crippen LogP contribution in [-0.2, 0) is 4.79 Å². The van der Waals surface area contributed by atoms with Crippen molar-refractivity contribution >= 4 is 51.1 Å². The van der Waals surface area contributed by atoms with Gasteiger partial charge in [0.2, 0.25) is 0 Å². The number of benzene rings is 2. The summed E-state index contributed by atoms with van der Waals surface area (Å²) in [5.74, 6) is -1.26.